The minimum absolute atomic E-state index is 0.190. The Bertz CT molecular complexity index is 1030. The first-order valence-corrected chi connectivity index (χ1v) is 9.92. The van der Waals surface area contributed by atoms with Gasteiger partial charge in [0.15, 0.2) is 0 Å². The molecule has 0 saturated heterocycles. The first-order chi connectivity index (χ1) is 13.2. The van der Waals surface area contributed by atoms with E-state index in [4.69, 9.17) is 9.84 Å². The Morgan fingerprint density at radius 2 is 1.81 bits per heavy atom. The van der Waals surface area contributed by atoms with Crippen LogP contribution in [0.3, 0.4) is 0 Å². The molecule has 2 atom stereocenters. The predicted octanol–water partition coefficient (Wildman–Crippen LogP) is 6.00. The second-order valence-electron chi connectivity index (χ2n) is 7.08. The number of nitrogens with zero attached hydrogens (tertiary/aromatic N) is 2. The molecule has 2 aliphatic heterocycles. The number of para-hydroxylation sites is 1. The molecule has 3 nitrogen and oxygen atoms in total. The first kappa shape index (κ1) is 16.6. The van der Waals surface area contributed by atoms with E-state index in [1.807, 2.05) is 18.2 Å². The van der Waals surface area contributed by atoms with Gasteiger partial charge in [-0.15, -0.1) is 0 Å². The third-order valence-electron chi connectivity index (χ3n) is 5.22. The highest BCUT2D eigenvalue weighted by atomic mass is 79.9. The number of ether oxygens (including phenoxy) is 1. The van der Waals surface area contributed by atoms with Crippen LogP contribution in [0.4, 0.5) is 0 Å². The van der Waals surface area contributed by atoms with Crippen LogP contribution in [0.5, 0.6) is 5.75 Å². The minimum Gasteiger partial charge on any atom is -0.464 e. The molecule has 0 aromatic heterocycles. The van der Waals surface area contributed by atoms with Crippen LogP contribution < -0.4 is 4.74 Å². The summed E-state index contributed by atoms with van der Waals surface area (Å²) < 4.78 is 7.43. The molecule has 3 aromatic carbocycles. The summed E-state index contributed by atoms with van der Waals surface area (Å²) in [5.41, 5.74) is 5.85. The van der Waals surface area contributed by atoms with Crippen LogP contribution in [-0.2, 0) is 0 Å². The van der Waals surface area contributed by atoms with Gasteiger partial charge in [-0.3, -0.25) is 0 Å². The van der Waals surface area contributed by atoms with Gasteiger partial charge in [-0.25, -0.2) is 5.01 Å². The monoisotopic (exact) mass is 418 g/mol. The average molecular weight is 419 g/mol. The summed E-state index contributed by atoms with van der Waals surface area (Å²) in [7, 11) is 0. The van der Waals surface area contributed by atoms with E-state index in [1.54, 1.807) is 0 Å². The molecule has 0 spiro atoms. The van der Waals surface area contributed by atoms with E-state index in [1.165, 1.54) is 16.7 Å². The van der Waals surface area contributed by atoms with E-state index in [-0.39, 0.29) is 12.3 Å². The molecule has 2 aliphatic rings. The summed E-state index contributed by atoms with van der Waals surface area (Å²) in [6.45, 7) is 2.11. The van der Waals surface area contributed by atoms with Crippen molar-refractivity contribution in [3.63, 3.8) is 0 Å². The number of hydrogen-bond acceptors (Lipinski definition) is 3. The molecule has 3 aromatic rings. The molecule has 0 bridgehead atoms. The number of halogens is 1. The van der Waals surface area contributed by atoms with E-state index in [0.29, 0.717) is 0 Å². The summed E-state index contributed by atoms with van der Waals surface area (Å²) in [6.07, 6.45) is 0.652. The maximum Gasteiger partial charge on any atom is 0.213 e. The van der Waals surface area contributed by atoms with Crippen LogP contribution in [0, 0.1) is 6.92 Å². The number of benzene rings is 3. The van der Waals surface area contributed by atoms with Gasteiger partial charge in [-0.05, 0) is 30.7 Å². The van der Waals surface area contributed by atoms with Gasteiger partial charge >= 0.3 is 0 Å². The van der Waals surface area contributed by atoms with Crippen LogP contribution in [0.2, 0.25) is 0 Å². The van der Waals surface area contributed by atoms with Crippen molar-refractivity contribution in [1.82, 2.24) is 5.01 Å². The lowest BCUT2D eigenvalue weighted by Crippen LogP contribution is -2.33. The molecule has 0 radical (unpaired) electrons. The van der Waals surface area contributed by atoms with Crippen molar-refractivity contribution in [1.29, 1.82) is 0 Å². The second-order valence-corrected chi connectivity index (χ2v) is 7.99. The van der Waals surface area contributed by atoms with Gasteiger partial charge in [0, 0.05) is 22.0 Å². The normalized spacial score (nSPS) is 20.5. The number of hydrazone groups is 1. The number of hydrogen-bond donors (Lipinski definition) is 0. The average Bonchev–Trinajstić information content (AvgIpc) is 3.13. The SMILES string of the molecule is Cc1ccc(C2=NN3[C@H](C2)c2ccccc2O[C@H]3c2cccc(Br)c2)cc1. The van der Waals surface area contributed by atoms with Crippen molar-refractivity contribution in [3.05, 3.63) is 99.5 Å². The molecule has 2 heterocycles. The summed E-state index contributed by atoms with van der Waals surface area (Å²) in [4.78, 5) is 0. The largest absolute Gasteiger partial charge is 0.464 e. The lowest BCUT2D eigenvalue weighted by molar-refractivity contribution is -0.0190. The first-order valence-electron chi connectivity index (χ1n) is 9.13. The Hall–Kier alpha value is -2.59. The van der Waals surface area contributed by atoms with Gasteiger partial charge < -0.3 is 4.74 Å². The van der Waals surface area contributed by atoms with Crippen LogP contribution in [0.25, 0.3) is 0 Å². The summed E-state index contributed by atoms with van der Waals surface area (Å²) in [5, 5.41) is 7.13. The van der Waals surface area contributed by atoms with Crippen molar-refractivity contribution in [2.24, 2.45) is 5.10 Å². The van der Waals surface area contributed by atoms with E-state index in [2.05, 4.69) is 82.5 Å². The van der Waals surface area contributed by atoms with Crippen LogP contribution in [0.15, 0.2) is 82.4 Å². The summed E-state index contributed by atoms with van der Waals surface area (Å²) in [6, 6.07) is 25.4. The Morgan fingerprint density at radius 3 is 2.63 bits per heavy atom. The molecule has 0 unspecified atom stereocenters. The second kappa shape index (κ2) is 6.54. The fraction of sp³-hybridized carbons (Fsp3) is 0.174. The van der Waals surface area contributed by atoms with Gasteiger partial charge in [0.25, 0.3) is 0 Å². The highest BCUT2D eigenvalue weighted by Gasteiger charge is 2.40. The highest BCUT2D eigenvalue weighted by molar-refractivity contribution is 9.10. The number of aryl methyl sites for hydroxylation is 1. The zero-order valence-electron chi connectivity index (χ0n) is 15.0. The fourth-order valence-corrected chi connectivity index (χ4v) is 4.25. The van der Waals surface area contributed by atoms with Crippen LogP contribution >= 0.6 is 15.9 Å². The molecule has 0 aliphatic carbocycles. The molecule has 4 heteroatoms. The van der Waals surface area contributed by atoms with Gasteiger partial charge in [0.2, 0.25) is 6.23 Å². The molecule has 0 amide bonds. The van der Waals surface area contributed by atoms with Gasteiger partial charge in [0.05, 0.1) is 11.8 Å². The van der Waals surface area contributed by atoms with E-state index in [9.17, 15) is 0 Å². The number of rotatable bonds is 2. The Morgan fingerprint density at radius 1 is 1.00 bits per heavy atom. The van der Waals surface area contributed by atoms with Crippen molar-refractivity contribution in [2.75, 3.05) is 0 Å². The Balaban J connectivity index is 1.60. The third kappa shape index (κ3) is 2.94. The minimum atomic E-state index is -0.231. The maximum atomic E-state index is 6.39. The standard InChI is InChI=1S/C23H19BrN2O/c1-15-9-11-16(12-10-15)20-14-21-19-7-2-3-8-22(19)27-23(26(21)25-20)17-5-4-6-18(24)13-17/h2-13,21,23H,14H2,1H3/t21-,23+/m1/s1. The van der Waals surface area contributed by atoms with Crippen LogP contribution in [-0.4, -0.2) is 10.7 Å². The van der Waals surface area contributed by atoms with Crippen molar-refractivity contribution in [3.8, 4) is 5.75 Å². The molecular weight excluding hydrogens is 400 g/mol. The quantitative estimate of drug-likeness (QED) is 0.509. The van der Waals surface area contributed by atoms with E-state index < -0.39 is 0 Å². The van der Waals surface area contributed by atoms with Gasteiger partial charge in [0.1, 0.15) is 5.75 Å². The number of fused-ring (bicyclic) bond motifs is 3. The van der Waals surface area contributed by atoms with Crippen molar-refractivity contribution >= 4 is 21.6 Å². The topological polar surface area (TPSA) is 24.8 Å². The maximum absolute atomic E-state index is 6.39. The predicted molar refractivity (Wildman–Crippen MR) is 111 cm³/mol. The molecule has 5 rings (SSSR count). The zero-order chi connectivity index (χ0) is 18.4. The van der Waals surface area contributed by atoms with Gasteiger partial charge in [-0.1, -0.05) is 76.1 Å². The molecule has 0 N–H and O–H groups in total. The molecule has 27 heavy (non-hydrogen) atoms. The lowest BCUT2D eigenvalue weighted by atomic mass is 9.95. The van der Waals surface area contributed by atoms with E-state index >= 15 is 0 Å². The fourth-order valence-electron chi connectivity index (χ4n) is 3.83. The third-order valence-corrected chi connectivity index (χ3v) is 5.71. The van der Waals surface area contributed by atoms with Gasteiger partial charge in [-0.2, -0.15) is 5.10 Å². The summed E-state index contributed by atoms with van der Waals surface area (Å²) in [5.74, 6) is 0.948. The highest BCUT2D eigenvalue weighted by Crippen LogP contribution is 2.47. The Kier molecular flexibility index (Phi) is 4.01. The molecule has 0 fully saturated rings. The van der Waals surface area contributed by atoms with Crippen molar-refractivity contribution < 1.29 is 4.74 Å². The Labute approximate surface area is 167 Å². The zero-order valence-corrected chi connectivity index (χ0v) is 16.6. The molecular formula is C23H19BrN2O. The van der Waals surface area contributed by atoms with E-state index in [0.717, 1.165) is 27.9 Å². The smallest absolute Gasteiger partial charge is 0.213 e. The van der Waals surface area contributed by atoms with Crippen molar-refractivity contribution in [2.45, 2.75) is 25.6 Å². The molecule has 134 valence electrons. The summed E-state index contributed by atoms with van der Waals surface area (Å²) >= 11 is 3.58. The lowest BCUT2D eigenvalue weighted by Gasteiger charge is -2.38. The van der Waals surface area contributed by atoms with Crippen LogP contribution in [0.1, 0.15) is 40.9 Å². The molecule has 0 saturated carbocycles.